The predicted molar refractivity (Wildman–Crippen MR) is 601 cm³/mol. The molecule has 2 aromatic heterocycles. The lowest BCUT2D eigenvalue weighted by Gasteiger charge is -2.14. The standard InChI is InChI=1S/C67H60N2O8.C63H66N2O8/c1-4-36-72-41-42-75-61-17-9-14-55(45-61)56-30-35-62-63(46-56)69-67(58-16-8-13-54(44-58)52-24-20-48(21-25-52)50-28-33-60(34-29-50)74-38-11-40-77-65(71)6-3)66(68-62)57-15-7-12-53(43-57)51-22-18-47(19-23-51)49-26-31-59(32-27-49)73-37-10-39-76-64(70)5-2;1-4-34-68-39-40-71-53-19-17-18-47(41-53)50-26-33-58-59(44-50)65-63-57-43-49(46-22-29-52(30-23-46)70-36-14-10-8-12-16-38-73-61(67)6-3)25-32-55(57)54-31-24-48(42-56(54)62(63)64-58)45-20-27-51(28-21-45)69-35-13-9-7-11-15-37-72-60(66)5-2/h5-9,12-35,43-46H,2-4,10-11,36-42H2,1H3;5-6,17-33,41-44H,2-4,7-16,34-40H2,1H3. The zero-order valence-electron chi connectivity index (χ0n) is 85.3. The van der Waals surface area contributed by atoms with Crippen molar-refractivity contribution in [2.45, 2.75) is 104 Å². The summed E-state index contributed by atoms with van der Waals surface area (Å²) >= 11 is 0. The van der Waals surface area contributed by atoms with Crippen molar-refractivity contribution in [1.82, 2.24) is 19.9 Å². The molecule has 17 rings (SSSR count). The van der Waals surface area contributed by atoms with E-state index >= 15 is 0 Å². The molecule has 0 saturated carbocycles. The van der Waals surface area contributed by atoms with Crippen molar-refractivity contribution in [2.24, 2.45) is 0 Å². The average molecular weight is 2000 g/mol. The number of carbonyl (C=O) groups excluding carboxylic acids is 4. The lowest BCUT2D eigenvalue weighted by atomic mass is 9.93. The molecule has 20 nitrogen and oxygen atoms in total. The molecule has 0 atom stereocenters. The van der Waals surface area contributed by atoms with Crippen LogP contribution in [0.5, 0.6) is 34.5 Å². The van der Waals surface area contributed by atoms with E-state index < -0.39 is 11.9 Å². The second-order valence-electron chi connectivity index (χ2n) is 36.3. The second-order valence-corrected chi connectivity index (χ2v) is 36.3. The lowest BCUT2D eigenvalue weighted by molar-refractivity contribution is -0.138. The largest absolute Gasteiger partial charge is 0.494 e. The fourth-order valence-corrected chi connectivity index (χ4v) is 17.7. The Hall–Kier alpha value is -16.7. The van der Waals surface area contributed by atoms with Gasteiger partial charge in [-0.1, -0.05) is 273 Å². The highest BCUT2D eigenvalue weighted by molar-refractivity contribution is 6.25. The zero-order valence-corrected chi connectivity index (χ0v) is 85.3. The van der Waals surface area contributed by atoms with E-state index in [1.807, 2.05) is 103 Å². The summed E-state index contributed by atoms with van der Waals surface area (Å²) in [6.07, 6.45) is 17.7. The molecule has 762 valence electrons. The smallest absolute Gasteiger partial charge is 0.330 e. The Morgan fingerprint density at radius 2 is 0.460 bits per heavy atom. The van der Waals surface area contributed by atoms with Crippen molar-refractivity contribution in [3.8, 4) is 146 Å². The maximum absolute atomic E-state index is 11.3. The fraction of sp³-hybridized carbons (Fsp3) is 0.231. The van der Waals surface area contributed by atoms with E-state index in [9.17, 15) is 19.2 Å². The van der Waals surface area contributed by atoms with Gasteiger partial charge in [0.05, 0.1) is 111 Å². The molecule has 17 aromatic rings. The van der Waals surface area contributed by atoms with E-state index in [4.69, 9.17) is 76.8 Å². The summed E-state index contributed by atoms with van der Waals surface area (Å²) in [7, 11) is 0. The summed E-state index contributed by atoms with van der Waals surface area (Å²) in [5.74, 6) is 3.16. The monoisotopic (exact) mass is 2000 g/mol. The summed E-state index contributed by atoms with van der Waals surface area (Å²) in [6.45, 7) is 25.0. The third-order valence-corrected chi connectivity index (χ3v) is 25.5. The maximum Gasteiger partial charge on any atom is 0.330 e. The average Bonchev–Trinajstić information content (AvgIpc) is 0.728. The molecule has 0 aliphatic carbocycles. The summed E-state index contributed by atoms with van der Waals surface area (Å²) in [6, 6.07) is 109. The Balaban J connectivity index is 0.000000214. The van der Waals surface area contributed by atoms with Gasteiger partial charge < -0.3 is 56.8 Å². The van der Waals surface area contributed by atoms with Crippen molar-refractivity contribution in [1.29, 1.82) is 0 Å². The molecule has 0 bridgehead atoms. The summed E-state index contributed by atoms with van der Waals surface area (Å²) in [5, 5.41) is 4.28. The van der Waals surface area contributed by atoms with E-state index in [1.54, 1.807) is 0 Å². The Morgan fingerprint density at radius 1 is 0.207 bits per heavy atom. The van der Waals surface area contributed by atoms with E-state index in [-0.39, 0.29) is 25.2 Å². The number of hydrogen-bond donors (Lipinski definition) is 0. The number of nitrogens with zero attached hydrogens (tertiary/aromatic N) is 4. The van der Waals surface area contributed by atoms with Gasteiger partial charge in [0.2, 0.25) is 0 Å². The van der Waals surface area contributed by atoms with Gasteiger partial charge in [0.1, 0.15) is 47.7 Å². The highest BCUT2D eigenvalue weighted by Crippen LogP contribution is 2.43. The van der Waals surface area contributed by atoms with Crippen LogP contribution in [0.25, 0.3) is 166 Å². The SMILES string of the molecule is C=CC(=O)OCCCCCCCOc1ccc(-c2ccc3c4ccc(-c5ccc(OCCCCCCCOC(=O)C=C)cc5)cc4c4nc5cc(-c6cccc(OCCOCCC)c6)ccc5nc4c3c2)cc1.C=CC(=O)OCCCOc1ccc(-c2ccc(-c3cccc(-c4nc5ccc(-c6cccc(OCCOCCC)c6)cc5nc4-c4cccc(-c5ccc(-c6ccc(OCCCOC(=O)C=C)cc6)cc5)c4)c3)cc2)cc1. The van der Waals surface area contributed by atoms with E-state index in [2.05, 4.69) is 252 Å². The molecule has 0 N–H and O–H groups in total. The number of fused-ring (bicyclic) bond motifs is 8. The van der Waals surface area contributed by atoms with Gasteiger partial charge in [-0.05, 0) is 260 Å². The molecule has 0 fully saturated rings. The Labute approximate surface area is 877 Å². The van der Waals surface area contributed by atoms with Crippen molar-refractivity contribution >= 4 is 78.5 Å². The number of rotatable bonds is 54. The van der Waals surface area contributed by atoms with E-state index in [0.29, 0.717) is 85.5 Å². The third kappa shape index (κ3) is 29.9. The molecular weight excluding hydrogens is 1870 g/mol. The number of ether oxygens (including phenoxy) is 12. The van der Waals surface area contributed by atoms with Gasteiger partial charge in [-0.2, -0.15) is 0 Å². The minimum atomic E-state index is -0.434. The minimum Gasteiger partial charge on any atom is -0.494 e. The topological polar surface area (TPSA) is 231 Å². The number of unbranched alkanes of at least 4 members (excludes halogenated alkanes) is 8. The van der Waals surface area contributed by atoms with Crippen LogP contribution in [-0.2, 0) is 47.6 Å². The number of carbonyl (C=O) groups is 4. The molecule has 0 aliphatic heterocycles. The minimum absolute atomic E-state index is 0.280. The first-order valence-electron chi connectivity index (χ1n) is 51.8. The quantitative estimate of drug-likeness (QED) is 0.00861. The zero-order chi connectivity index (χ0) is 104. The van der Waals surface area contributed by atoms with Crippen LogP contribution in [0, 0.1) is 0 Å². The Morgan fingerprint density at radius 3 is 0.820 bits per heavy atom. The molecular formula is C130H126N4O16. The van der Waals surface area contributed by atoms with Crippen molar-refractivity contribution in [2.75, 3.05) is 92.5 Å². The summed E-state index contributed by atoms with van der Waals surface area (Å²) < 4.78 is 67.6. The van der Waals surface area contributed by atoms with Gasteiger partial charge in [0, 0.05) is 72.3 Å². The van der Waals surface area contributed by atoms with Gasteiger partial charge in [-0.3, -0.25) is 0 Å². The normalized spacial score (nSPS) is 11.1. The van der Waals surface area contributed by atoms with Crippen LogP contribution in [0.15, 0.2) is 366 Å². The lowest BCUT2D eigenvalue weighted by Crippen LogP contribution is -2.07. The maximum atomic E-state index is 11.3. The van der Waals surface area contributed by atoms with Crippen molar-refractivity contribution in [3.63, 3.8) is 0 Å². The molecule has 0 amide bonds. The molecule has 20 heteroatoms. The second kappa shape index (κ2) is 55.2. The highest BCUT2D eigenvalue weighted by atomic mass is 16.6. The number of benzene rings is 15. The molecule has 0 unspecified atom stereocenters. The van der Waals surface area contributed by atoms with Gasteiger partial charge >= 0.3 is 23.9 Å². The van der Waals surface area contributed by atoms with Crippen LogP contribution < -0.4 is 28.4 Å². The van der Waals surface area contributed by atoms with Crippen LogP contribution in [-0.4, -0.2) is 136 Å². The van der Waals surface area contributed by atoms with Crippen LogP contribution in [0.3, 0.4) is 0 Å². The highest BCUT2D eigenvalue weighted by Gasteiger charge is 2.21. The summed E-state index contributed by atoms with van der Waals surface area (Å²) in [4.78, 5) is 66.8. The Kier molecular flexibility index (Phi) is 39.0. The summed E-state index contributed by atoms with van der Waals surface area (Å²) in [5.41, 5.74) is 25.3. The molecule has 0 radical (unpaired) electrons. The number of aromatic nitrogens is 4. The van der Waals surface area contributed by atoms with Crippen LogP contribution in [0.4, 0.5) is 0 Å². The molecule has 150 heavy (non-hydrogen) atoms. The number of hydrogen-bond acceptors (Lipinski definition) is 20. The van der Waals surface area contributed by atoms with E-state index in [1.165, 1.54) is 12.2 Å². The van der Waals surface area contributed by atoms with Gasteiger partial charge in [-0.15, -0.1) is 0 Å². The first-order valence-corrected chi connectivity index (χ1v) is 51.8. The molecule has 0 spiro atoms. The predicted octanol–water partition coefficient (Wildman–Crippen LogP) is 30.1. The van der Waals surface area contributed by atoms with Crippen molar-refractivity contribution in [3.05, 3.63) is 366 Å². The Bertz CT molecular complexity index is 7460. The van der Waals surface area contributed by atoms with Gasteiger partial charge in [0.25, 0.3) is 0 Å². The molecule has 0 saturated heterocycles. The third-order valence-electron chi connectivity index (χ3n) is 25.5. The van der Waals surface area contributed by atoms with Gasteiger partial charge in [0.15, 0.2) is 0 Å². The van der Waals surface area contributed by atoms with E-state index in [0.717, 1.165) is 296 Å². The molecule has 15 aromatic carbocycles. The van der Waals surface area contributed by atoms with Gasteiger partial charge in [-0.25, -0.2) is 39.1 Å². The number of esters is 4. The van der Waals surface area contributed by atoms with Crippen LogP contribution in [0.2, 0.25) is 0 Å². The first-order chi connectivity index (χ1) is 73.7. The fourth-order valence-electron chi connectivity index (χ4n) is 17.7. The van der Waals surface area contributed by atoms with Crippen LogP contribution in [0.1, 0.15) is 104 Å². The molecule has 2 heterocycles. The van der Waals surface area contributed by atoms with Crippen molar-refractivity contribution < 1.29 is 76.0 Å². The molecule has 0 aliphatic rings. The van der Waals surface area contributed by atoms with Crippen LogP contribution >= 0.6 is 0 Å². The first kappa shape index (κ1) is 106.